The maximum Gasteiger partial charge on any atom is 0.410 e. The summed E-state index contributed by atoms with van der Waals surface area (Å²) in [7, 11) is 0. The minimum absolute atomic E-state index is 0.158. The molecule has 16 heavy (non-hydrogen) atoms. The number of fused-ring (bicyclic) bond motifs is 2. The molecular formula is C11H18N2O3. The van der Waals surface area contributed by atoms with Crippen LogP contribution in [0.1, 0.15) is 33.6 Å². The molecule has 5 heteroatoms. The molecule has 0 aromatic rings. The van der Waals surface area contributed by atoms with Crippen molar-refractivity contribution in [1.29, 1.82) is 0 Å². The summed E-state index contributed by atoms with van der Waals surface area (Å²) in [5, 5.41) is 12.0. The average molecular weight is 226 g/mol. The van der Waals surface area contributed by atoms with Gasteiger partial charge in [0.05, 0.1) is 5.71 Å². The fourth-order valence-corrected chi connectivity index (χ4v) is 2.43. The highest BCUT2D eigenvalue weighted by atomic mass is 16.6. The van der Waals surface area contributed by atoms with Crippen LogP contribution in [0, 0.1) is 5.92 Å². The molecule has 2 rings (SSSR count). The molecule has 1 saturated heterocycles. The predicted molar refractivity (Wildman–Crippen MR) is 58.7 cm³/mol. The molecule has 1 aliphatic carbocycles. The predicted octanol–water partition coefficient (Wildman–Crippen LogP) is 1.85. The Morgan fingerprint density at radius 3 is 2.69 bits per heavy atom. The van der Waals surface area contributed by atoms with Crippen molar-refractivity contribution < 1.29 is 14.7 Å². The van der Waals surface area contributed by atoms with Gasteiger partial charge in [-0.3, -0.25) is 0 Å². The lowest BCUT2D eigenvalue weighted by molar-refractivity contribution is 0.0219. The van der Waals surface area contributed by atoms with E-state index in [2.05, 4.69) is 5.16 Å². The van der Waals surface area contributed by atoms with Gasteiger partial charge in [-0.1, -0.05) is 5.16 Å². The maximum atomic E-state index is 11.8. The molecule has 1 amide bonds. The Bertz CT molecular complexity index is 333. The minimum atomic E-state index is -0.452. The Hall–Kier alpha value is -1.26. The lowest BCUT2D eigenvalue weighted by Gasteiger charge is -2.30. The average Bonchev–Trinajstić information content (AvgIpc) is 2.72. The van der Waals surface area contributed by atoms with Gasteiger partial charge >= 0.3 is 6.09 Å². The standard InChI is InChI=1S/C11H18N2O3/c1-11(2,3)16-10(14)13-6-7-4-8(13)5-9(7)12-15/h7-8,15H,4-6H2,1-3H3/b12-9-/t7-,8-/m1/s1. The minimum Gasteiger partial charge on any atom is -0.444 e. The van der Waals surface area contributed by atoms with E-state index in [1.807, 2.05) is 20.8 Å². The first-order valence-corrected chi connectivity index (χ1v) is 5.61. The third kappa shape index (κ3) is 1.99. The molecule has 0 aromatic heterocycles. The van der Waals surface area contributed by atoms with E-state index in [-0.39, 0.29) is 18.1 Å². The number of oxime groups is 1. The van der Waals surface area contributed by atoms with E-state index in [0.717, 1.165) is 12.1 Å². The number of piperidine rings is 1. The molecule has 2 bridgehead atoms. The summed E-state index contributed by atoms with van der Waals surface area (Å²) in [6.45, 7) is 6.21. The van der Waals surface area contributed by atoms with E-state index in [0.29, 0.717) is 13.0 Å². The van der Waals surface area contributed by atoms with Crippen LogP contribution in [0.2, 0.25) is 0 Å². The zero-order valence-corrected chi connectivity index (χ0v) is 9.93. The monoisotopic (exact) mass is 226 g/mol. The lowest BCUT2D eigenvalue weighted by atomic mass is 10.1. The van der Waals surface area contributed by atoms with Crippen molar-refractivity contribution in [3.05, 3.63) is 0 Å². The van der Waals surface area contributed by atoms with Gasteiger partial charge in [0.1, 0.15) is 5.60 Å². The Morgan fingerprint density at radius 1 is 1.56 bits per heavy atom. The molecule has 1 aliphatic heterocycles. The molecule has 0 aromatic carbocycles. The van der Waals surface area contributed by atoms with E-state index in [1.54, 1.807) is 4.90 Å². The fourth-order valence-electron chi connectivity index (χ4n) is 2.43. The molecule has 1 N–H and O–H groups in total. The van der Waals surface area contributed by atoms with Gasteiger partial charge in [0.15, 0.2) is 0 Å². The van der Waals surface area contributed by atoms with Crippen LogP contribution in [0.25, 0.3) is 0 Å². The highest BCUT2D eigenvalue weighted by molar-refractivity contribution is 5.91. The van der Waals surface area contributed by atoms with Crippen LogP contribution >= 0.6 is 0 Å². The third-order valence-electron chi connectivity index (χ3n) is 3.09. The number of hydrogen-bond acceptors (Lipinski definition) is 4. The van der Waals surface area contributed by atoms with Crippen molar-refractivity contribution >= 4 is 11.8 Å². The van der Waals surface area contributed by atoms with Gasteiger partial charge in [-0.05, 0) is 27.2 Å². The van der Waals surface area contributed by atoms with E-state index < -0.39 is 5.60 Å². The topological polar surface area (TPSA) is 62.1 Å². The first-order valence-electron chi connectivity index (χ1n) is 5.61. The Morgan fingerprint density at radius 2 is 2.25 bits per heavy atom. The summed E-state index contributed by atoms with van der Waals surface area (Å²) in [6, 6.07) is 0.158. The summed E-state index contributed by atoms with van der Waals surface area (Å²) in [4.78, 5) is 13.6. The molecule has 5 nitrogen and oxygen atoms in total. The van der Waals surface area contributed by atoms with Crippen LogP contribution in [0.15, 0.2) is 5.16 Å². The number of likely N-dealkylation sites (tertiary alicyclic amines) is 1. The van der Waals surface area contributed by atoms with Gasteiger partial charge in [-0.15, -0.1) is 0 Å². The van der Waals surface area contributed by atoms with Crippen molar-refractivity contribution in [2.24, 2.45) is 11.1 Å². The normalized spacial score (nSPS) is 31.2. The quantitative estimate of drug-likeness (QED) is 0.506. The summed E-state index contributed by atoms with van der Waals surface area (Å²) < 4.78 is 5.33. The highest BCUT2D eigenvalue weighted by Crippen LogP contribution is 2.36. The molecule has 0 unspecified atom stereocenters. The molecule has 2 atom stereocenters. The van der Waals surface area contributed by atoms with Crippen LogP contribution in [0.5, 0.6) is 0 Å². The van der Waals surface area contributed by atoms with Crippen molar-refractivity contribution in [3.8, 4) is 0 Å². The van der Waals surface area contributed by atoms with Crippen LogP contribution in [-0.2, 0) is 4.74 Å². The molecule has 2 fully saturated rings. The van der Waals surface area contributed by atoms with E-state index >= 15 is 0 Å². The van der Waals surface area contributed by atoms with E-state index in [4.69, 9.17) is 9.94 Å². The summed E-state index contributed by atoms with van der Waals surface area (Å²) in [5.74, 6) is 0.225. The number of carbonyl (C=O) groups is 1. The van der Waals surface area contributed by atoms with Gasteiger partial charge < -0.3 is 14.8 Å². The van der Waals surface area contributed by atoms with Crippen LogP contribution in [0.4, 0.5) is 4.79 Å². The molecule has 0 spiro atoms. The Labute approximate surface area is 95.1 Å². The van der Waals surface area contributed by atoms with Crippen LogP contribution < -0.4 is 0 Å². The zero-order valence-electron chi connectivity index (χ0n) is 9.93. The van der Waals surface area contributed by atoms with Crippen molar-refractivity contribution in [2.75, 3.05) is 6.54 Å². The van der Waals surface area contributed by atoms with Crippen LogP contribution in [-0.4, -0.2) is 40.1 Å². The van der Waals surface area contributed by atoms with Gasteiger partial charge in [0.25, 0.3) is 0 Å². The van der Waals surface area contributed by atoms with Gasteiger partial charge in [-0.2, -0.15) is 0 Å². The Balaban J connectivity index is 1.98. The molecule has 90 valence electrons. The second-order valence-electron chi connectivity index (χ2n) is 5.51. The number of rotatable bonds is 0. The summed E-state index contributed by atoms with van der Waals surface area (Å²) in [6.07, 6.45) is 1.33. The largest absolute Gasteiger partial charge is 0.444 e. The number of nitrogens with zero attached hydrogens (tertiary/aromatic N) is 2. The smallest absolute Gasteiger partial charge is 0.410 e. The van der Waals surface area contributed by atoms with Crippen LogP contribution in [0.3, 0.4) is 0 Å². The molecular weight excluding hydrogens is 208 g/mol. The third-order valence-corrected chi connectivity index (χ3v) is 3.09. The fraction of sp³-hybridized carbons (Fsp3) is 0.818. The van der Waals surface area contributed by atoms with Crippen molar-refractivity contribution in [1.82, 2.24) is 4.90 Å². The van der Waals surface area contributed by atoms with Crippen molar-refractivity contribution in [2.45, 2.75) is 45.3 Å². The number of ether oxygens (including phenoxy) is 1. The number of carbonyl (C=O) groups excluding carboxylic acids is 1. The first-order chi connectivity index (χ1) is 7.40. The van der Waals surface area contributed by atoms with E-state index in [1.165, 1.54) is 0 Å². The van der Waals surface area contributed by atoms with Gasteiger partial charge in [0, 0.05) is 24.9 Å². The molecule has 0 radical (unpaired) electrons. The van der Waals surface area contributed by atoms with Gasteiger partial charge in [-0.25, -0.2) is 4.79 Å². The Kier molecular flexibility index (Phi) is 2.56. The second kappa shape index (κ2) is 3.64. The van der Waals surface area contributed by atoms with Crippen molar-refractivity contribution in [3.63, 3.8) is 0 Å². The molecule has 1 saturated carbocycles. The molecule has 1 heterocycles. The lowest BCUT2D eigenvalue weighted by Crippen LogP contribution is -2.43. The van der Waals surface area contributed by atoms with Gasteiger partial charge in [0.2, 0.25) is 0 Å². The second-order valence-corrected chi connectivity index (χ2v) is 5.51. The summed E-state index contributed by atoms with van der Waals surface area (Å²) in [5.41, 5.74) is 0.372. The zero-order chi connectivity index (χ0) is 11.9. The highest BCUT2D eigenvalue weighted by Gasteiger charge is 2.46. The van der Waals surface area contributed by atoms with E-state index in [9.17, 15) is 4.79 Å². The summed E-state index contributed by atoms with van der Waals surface area (Å²) >= 11 is 0. The number of hydrogen-bond donors (Lipinski definition) is 1. The number of amides is 1. The first kappa shape index (κ1) is 11.2. The maximum absolute atomic E-state index is 11.8. The molecule has 2 aliphatic rings. The SMILES string of the molecule is CC(C)(C)OC(=O)N1C[C@H]2C[C@@H]1C/C2=N/O.